The molecule has 5 heteroatoms. The van der Waals surface area contributed by atoms with Crippen molar-refractivity contribution in [2.75, 3.05) is 6.54 Å². The molecule has 1 heterocycles. The molecule has 1 rings (SSSR count). The second kappa shape index (κ2) is 6.54. The first-order chi connectivity index (χ1) is 8.45. The maximum atomic E-state index is 10.8. The average Bonchev–Trinajstić information content (AvgIpc) is 2.72. The lowest BCUT2D eigenvalue weighted by molar-refractivity contribution is -0.138. The van der Waals surface area contributed by atoms with Crippen molar-refractivity contribution < 1.29 is 9.90 Å². The first-order valence-corrected chi connectivity index (χ1v) is 6.42. The van der Waals surface area contributed by atoms with Crippen LogP contribution in [0.2, 0.25) is 0 Å². The van der Waals surface area contributed by atoms with Crippen LogP contribution < -0.4 is 0 Å². The summed E-state index contributed by atoms with van der Waals surface area (Å²) in [6.07, 6.45) is 3.86. The molecule has 0 aliphatic rings. The highest BCUT2D eigenvalue weighted by atomic mass is 16.4. The number of carbonyl (C=O) groups is 1. The third kappa shape index (κ3) is 3.84. The zero-order chi connectivity index (χ0) is 13.7. The fourth-order valence-electron chi connectivity index (χ4n) is 2.09. The molecule has 0 bridgehead atoms. The monoisotopic (exact) mass is 253 g/mol. The van der Waals surface area contributed by atoms with Crippen molar-refractivity contribution in [3.8, 4) is 0 Å². The summed E-state index contributed by atoms with van der Waals surface area (Å²) in [7, 11) is 0. The van der Waals surface area contributed by atoms with Crippen LogP contribution in [0.4, 0.5) is 0 Å². The van der Waals surface area contributed by atoms with Gasteiger partial charge >= 0.3 is 5.97 Å². The fraction of sp³-hybridized carbons (Fsp3) is 0.692. The topological polar surface area (TPSA) is 58.4 Å². The molecule has 1 aromatic rings. The van der Waals surface area contributed by atoms with Gasteiger partial charge in [-0.25, -0.2) is 4.98 Å². The van der Waals surface area contributed by atoms with Crippen molar-refractivity contribution in [2.24, 2.45) is 0 Å². The van der Waals surface area contributed by atoms with Crippen molar-refractivity contribution >= 4 is 5.97 Å². The number of carboxylic acids is 1. The second-order valence-corrected chi connectivity index (χ2v) is 4.90. The third-order valence-electron chi connectivity index (χ3n) is 3.17. The van der Waals surface area contributed by atoms with Crippen molar-refractivity contribution in [3.05, 3.63) is 18.2 Å². The van der Waals surface area contributed by atoms with Gasteiger partial charge in [-0.3, -0.25) is 9.69 Å². The Labute approximate surface area is 108 Å². The van der Waals surface area contributed by atoms with Gasteiger partial charge in [0.15, 0.2) is 0 Å². The first-order valence-electron chi connectivity index (χ1n) is 6.42. The van der Waals surface area contributed by atoms with Crippen LogP contribution in [-0.4, -0.2) is 38.1 Å². The molecule has 0 amide bonds. The number of imidazole rings is 1. The van der Waals surface area contributed by atoms with Crippen molar-refractivity contribution in [2.45, 2.75) is 52.7 Å². The fourth-order valence-corrected chi connectivity index (χ4v) is 2.09. The van der Waals surface area contributed by atoms with Crippen LogP contribution in [0.15, 0.2) is 12.5 Å². The molecular weight excluding hydrogens is 230 g/mol. The Morgan fingerprint density at radius 2 is 2.17 bits per heavy atom. The molecule has 0 spiro atoms. The van der Waals surface area contributed by atoms with Crippen LogP contribution >= 0.6 is 0 Å². The predicted molar refractivity (Wildman–Crippen MR) is 70.4 cm³/mol. The van der Waals surface area contributed by atoms with E-state index in [1.165, 1.54) is 0 Å². The molecule has 0 aromatic carbocycles. The minimum absolute atomic E-state index is 0.0306. The van der Waals surface area contributed by atoms with E-state index in [0.29, 0.717) is 6.04 Å². The molecule has 18 heavy (non-hydrogen) atoms. The van der Waals surface area contributed by atoms with E-state index in [-0.39, 0.29) is 12.5 Å². The number of hydrogen-bond donors (Lipinski definition) is 1. The van der Waals surface area contributed by atoms with Gasteiger partial charge < -0.3 is 9.67 Å². The van der Waals surface area contributed by atoms with E-state index < -0.39 is 5.97 Å². The zero-order valence-electron chi connectivity index (χ0n) is 11.6. The summed E-state index contributed by atoms with van der Waals surface area (Å²) in [5.41, 5.74) is 1.13. The summed E-state index contributed by atoms with van der Waals surface area (Å²) in [5.74, 6) is -0.752. The zero-order valence-corrected chi connectivity index (χ0v) is 11.6. The summed E-state index contributed by atoms with van der Waals surface area (Å²) in [6, 6.07) is 0.402. The Balaban J connectivity index is 2.73. The minimum atomic E-state index is -0.752. The molecule has 1 unspecified atom stereocenters. The smallest absolute Gasteiger partial charge is 0.304 e. The van der Waals surface area contributed by atoms with Crippen molar-refractivity contribution in [1.29, 1.82) is 0 Å². The molecule has 0 saturated carbocycles. The molecule has 5 nitrogen and oxygen atoms in total. The van der Waals surface area contributed by atoms with Crippen LogP contribution in [0.25, 0.3) is 0 Å². The van der Waals surface area contributed by atoms with Gasteiger partial charge in [0.05, 0.1) is 18.4 Å². The van der Waals surface area contributed by atoms with Crippen molar-refractivity contribution in [3.63, 3.8) is 0 Å². The van der Waals surface area contributed by atoms with Crippen molar-refractivity contribution in [1.82, 2.24) is 14.5 Å². The Kier molecular flexibility index (Phi) is 5.34. The van der Waals surface area contributed by atoms with E-state index in [9.17, 15) is 4.79 Å². The second-order valence-electron chi connectivity index (χ2n) is 4.90. The molecule has 1 N–H and O–H groups in total. The quantitative estimate of drug-likeness (QED) is 0.809. The van der Waals surface area contributed by atoms with E-state index in [2.05, 4.69) is 35.2 Å². The molecule has 0 aliphatic heterocycles. The average molecular weight is 253 g/mol. The summed E-state index contributed by atoms with van der Waals surface area (Å²) in [4.78, 5) is 17.1. The number of carboxylic acid groups (broad SMARTS) is 1. The van der Waals surface area contributed by atoms with Gasteiger partial charge in [-0.2, -0.15) is 0 Å². The lowest BCUT2D eigenvalue weighted by Gasteiger charge is -2.27. The maximum absolute atomic E-state index is 10.8. The highest BCUT2D eigenvalue weighted by Crippen LogP contribution is 2.14. The number of rotatable bonds is 7. The van der Waals surface area contributed by atoms with Crippen LogP contribution in [0.1, 0.15) is 45.9 Å². The van der Waals surface area contributed by atoms with Gasteiger partial charge in [0.25, 0.3) is 0 Å². The van der Waals surface area contributed by atoms with Gasteiger partial charge in [-0.15, -0.1) is 0 Å². The van der Waals surface area contributed by atoms with E-state index in [1.807, 2.05) is 19.4 Å². The van der Waals surface area contributed by atoms with Crippen LogP contribution in [0, 0.1) is 0 Å². The van der Waals surface area contributed by atoms with Gasteiger partial charge in [-0.1, -0.05) is 6.92 Å². The van der Waals surface area contributed by atoms with Crippen LogP contribution in [0.3, 0.4) is 0 Å². The van der Waals surface area contributed by atoms with Gasteiger partial charge in [0.1, 0.15) is 0 Å². The maximum Gasteiger partial charge on any atom is 0.304 e. The largest absolute Gasteiger partial charge is 0.481 e. The van der Waals surface area contributed by atoms with Crippen LogP contribution in [0.5, 0.6) is 0 Å². The lowest BCUT2D eigenvalue weighted by atomic mass is 10.2. The molecule has 102 valence electrons. The Hall–Kier alpha value is -1.36. The number of nitrogens with zero attached hydrogens (tertiary/aromatic N) is 3. The highest BCUT2D eigenvalue weighted by Gasteiger charge is 2.17. The predicted octanol–water partition coefficient (Wildman–Crippen LogP) is 2.15. The summed E-state index contributed by atoms with van der Waals surface area (Å²) in [5, 5.41) is 8.85. The van der Waals surface area contributed by atoms with Crippen LogP contribution in [-0.2, 0) is 11.3 Å². The summed E-state index contributed by atoms with van der Waals surface area (Å²) in [6.45, 7) is 9.80. The van der Waals surface area contributed by atoms with E-state index in [1.54, 1.807) is 0 Å². The standard InChI is InChI=1S/C13H23N3O2/c1-5-15(11(4)6-13(17)18)8-12-7-14-9-16(12)10(2)3/h7,9-11H,5-6,8H2,1-4H3,(H,17,18). The van der Waals surface area contributed by atoms with Gasteiger partial charge in [0, 0.05) is 24.8 Å². The molecule has 0 fully saturated rings. The first kappa shape index (κ1) is 14.7. The van der Waals surface area contributed by atoms with E-state index >= 15 is 0 Å². The minimum Gasteiger partial charge on any atom is -0.481 e. The molecule has 1 atom stereocenters. The molecular formula is C13H23N3O2. The van der Waals surface area contributed by atoms with Gasteiger partial charge in [-0.05, 0) is 27.3 Å². The number of aliphatic carboxylic acids is 1. The SMILES string of the molecule is CCN(Cc1cncn1C(C)C)C(C)CC(=O)O. The summed E-state index contributed by atoms with van der Waals surface area (Å²) >= 11 is 0. The lowest BCUT2D eigenvalue weighted by Crippen LogP contribution is -2.34. The van der Waals surface area contributed by atoms with Gasteiger partial charge in [0.2, 0.25) is 0 Å². The Morgan fingerprint density at radius 3 is 2.67 bits per heavy atom. The molecule has 0 radical (unpaired) electrons. The number of hydrogen-bond acceptors (Lipinski definition) is 3. The summed E-state index contributed by atoms with van der Waals surface area (Å²) < 4.78 is 2.12. The third-order valence-corrected chi connectivity index (χ3v) is 3.17. The Bertz CT molecular complexity index is 387. The highest BCUT2D eigenvalue weighted by molar-refractivity contribution is 5.67. The Morgan fingerprint density at radius 1 is 1.50 bits per heavy atom. The molecule has 1 aromatic heterocycles. The normalized spacial score (nSPS) is 13.2. The molecule has 0 aliphatic carbocycles. The number of aromatic nitrogens is 2. The molecule has 0 saturated heterocycles. The van der Waals surface area contributed by atoms with E-state index in [0.717, 1.165) is 18.8 Å². The van der Waals surface area contributed by atoms with E-state index in [4.69, 9.17) is 5.11 Å².